The SMILES string of the molecule is COc1cnc(-n2nc(OC(C)C)c(Oc3c(F)cccc3F)c2C)nc1. The summed E-state index contributed by atoms with van der Waals surface area (Å²) in [5, 5.41) is 4.29. The van der Waals surface area contributed by atoms with E-state index < -0.39 is 17.4 Å². The second kappa shape index (κ2) is 7.56. The van der Waals surface area contributed by atoms with Crippen LogP contribution in [0.4, 0.5) is 8.78 Å². The van der Waals surface area contributed by atoms with E-state index in [2.05, 4.69) is 15.1 Å². The Morgan fingerprint density at radius 3 is 2.22 bits per heavy atom. The van der Waals surface area contributed by atoms with Crippen LogP contribution in [0.5, 0.6) is 23.1 Å². The summed E-state index contributed by atoms with van der Waals surface area (Å²) in [5.74, 6) is -1.35. The molecule has 0 spiro atoms. The lowest BCUT2D eigenvalue weighted by Crippen LogP contribution is -2.08. The van der Waals surface area contributed by atoms with Crippen LogP contribution < -0.4 is 14.2 Å². The van der Waals surface area contributed by atoms with Gasteiger partial charge in [-0.3, -0.25) is 0 Å². The Morgan fingerprint density at radius 2 is 1.67 bits per heavy atom. The van der Waals surface area contributed by atoms with Crippen LogP contribution in [0.15, 0.2) is 30.6 Å². The molecule has 3 rings (SSSR count). The van der Waals surface area contributed by atoms with Crippen molar-refractivity contribution in [3.8, 4) is 29.1 Å². The van der Waals surface area contributed by atoms with Crippen LogP contribution in [0.3, 0.4) is 0 Å². The molecule has 0 amide bonds. The number of methoxy groups -OCH3 is 1. The Balaban J connectivity index is 2.07. The standard InChI is InChI=1S/C18H18F2N4O3/c1-10(2)26-17-15(27-16-13(19)6-5-7-14(16)20)11(3)24(23-17)18-21-8-12(25-4)9-22-18/h5-10H,1-4H3. The van der Waals surface area contributed by atoms with Crippen LogP contribution in [0, 0.1) is 18.6 Å². The molecule has 0 bridgehead atoms. The summed E-state index contributed by atoms with van der Waals surface area (Å²) in [6, 6.07) is 3.46. The Kier molecular flexibility index (Phi) is 5.20. The van der Waals surface area contributed by atoms with E-state index in [0.29, 0.717) is 11.4 Å². The van der Waals surface area contributed by atoms with Gasteiger partial charge in [-0.1, -0.05) is 6.07 Å². The lowest BCUT2D eigenvalue weighted by Gasteiger charge is -2.11. The van der Waals surface area contributed by atoms with Gasteiger partial charge in [-0.2, -0.15) is 4.68 Å². The third kappa shape index (κ3) is 3.81. The van der Waals surface area contributed by atoms with Crippen molar-refractivity contribution in [1.29, 1.82) is 0 Å². The minimum atomic E-state index is -0.835. The maximum atomic E-state index is 14.0. The summed E-state index contributed by atoms with van der Waals surface area (Å²) in [6.45, 7) is 5.25. The molecule has 0 saturated carbocycles. The molecule has 0 radical (unpaired) electrons. The van der Waals surface area contributed by atoms with E-state index in [1.165, 1.54) is 30.3 Å². The number of aromatic nitrogens is 4. The predicted molar refractivity (Wildman–Crippen MR) is 92.6 cm³/mol. The highest BCUT2D eigenvalue weighted by atomic mass is 19.1. The topological polar surface area (TPSA) is 71.3 Å². The highest BCUT2D eigenvalue weighted by molar-refractivity contribution is 5.45. The highest BCUT2D eigenvalue weighted by Crippen LogP contribution is 2.37. The molecule has 0 aliphatic heterocycles. The lowest BCUT2D eigenvalue weighted by molar-refractivity contribution is 0.222. The highest BCUT2D eigenvalue weighted by Gasteiger charge is 2.24. The van der Waals surface area contributed by atoms with Gasteiger partial charge >= 0.3 is 0 Å². The third-order valence-electron chi connectivity index (χ3n) is 3.54. The zero-order chi connectivity index (χ0) is 19.6. The van der Waals surface area contributed by atoms with Gasteiger partial charge < -0.3 is 14.2 Å². The van der Waals surface area contributed by atoms with E-state index >= 15 is 0 Å². The minimum absolute atomic E-state index is 0.0737. The van der Waals surface area contributed by atoms with Crippen molar-refractivity contribution < 1.29 is 23.0 Å². The van der Waals surface area contributed by atoms with Gasteiger partial charge in [0, 0.05) is 0 Å². The van der Waals surface area contributed by atoms with E-state index in [-0.39, 0.29) is 23.7 Å². The number of hydrogen-bond acceptors (Lipinski definition) is 6. The van der Waals surface area contributed by atoms with Gasteiger partial charge in [0.2, 0.25) is 5.75 Å². The molecule has 27 heavy (non-hydrogen) atoms. The molecule has 0 N–H and O–H groups in total. The smallest absolute Gasteiger partial charge is 0.277 e. The lowest BCUT2D eigenvalue weighted by atomic mass is 10.3. The molecule has 0 fully saturated rings. The number of benzene rings is 1. The summed E-state index contributed by atoms with van der Waals surface area (Å²) in [5.41, 5.74) is 0.415. The summed E-state index contributed by atoms with van der Waals surface area (Å²) in [6.07, 6.45) is 2.71. The fraction of sp³-hybridized carbons (Fsp3) is 0.278. The van der Waals surface area contributed by atoms with Crippen molar-refractivity contribution in [2.45, 2.75) is 26.9 Å². The first kappa shape index (κ1) is 18.6. The summed E-state index contributed by atoms with van der Waals surface area (Å²) in [7, 11) is 1.50. The van der Waals surface area contributed by atoms with Crippen LogP contribution in [-0.4, -0.2) is 33.0 Å². The number of para-hydroxylation sites is 1. The average Bonchev–Trinajstić information content (AvgIpc) is 2.93. The Morgan fingerprint density at radius 1 is 1.04 bits per heavy atom. The Hall–Kier alpha value is -3.23. The monoisotopic (exact) mass is 376 g/mol. The van der Waals surface area contributed by atoms with Gasteiger partial charge in [0.1, 0.15) is 0 Å². The molecule has 0 unspecified atom stereocenters. The third-order valence-corrected chi connectivity index (χ3v) is 3.54. The van der Waals surface area contributed by atoms with Crippen molar-refractivity contribution in [1.82, 2.24) is 19.7 Å². The second-order valence-electron chi connectivity index (χ2n) is 5.87. The minimum Gasteiger partial charge on any atom is -0.494 e. The van der Waals surface area contributed by atoms with Gasteiger partial charge in [-0.15, -0.1) is 5.10 Å². The summed E-state index contributed by atoms with van der Waals surface area (Å²) < 4.78 is 45.6. The predicted octanol–water partition coefficient (Wildman–Crippen LogP) is 3.84. The van der Waals surface area contributed by atoms with Gasteiger partial charge in [0.25, 0.3) is 11.8 Å². The number of rotatable bonds is 6. The first-order valence-electron chi connectivity index (χ1n) is 8.15. The maximum absolute atomic E-state index is 14.0. The molecule has 0 atom stereocenters. The molecule has 1 aromatic carbocycles. The molecule has 9 heteroatoms. The van der Waals surface area contributed by atoms with Gasteiger partial charge in [-0.25, -0.2) is 18.7 Å². The number of ether oxygens (including phenoxy) is 3. The fourth-order valence-corrected chi connectivity index (χ4v) is 2.28. The van der Waals surface area contributed by atoms with E-state index in [4.69, 9.17) is 14.2 Å². The number of halogens is 2. The van der Waals surface area contributed by atoms with Crippen LogP contribution >= 0.6 is 0 Å². The van der Waals surface area contributed by atoms with Crippen LogP contribution in [0.25, 0.3) is 5.95 Å². The average molecular weight is 376 g/mol. The molecular formula is C18H18F2N4O3. The molecule has 2 aromatic heterocycles. The first-order chi connectivity index (χ1) is 12.9. The van der Waals surface area contributed by atoms with Gasteiger partial charge in [-0.05, 0) is 32.9 Å². The molecule has 0 aliphatic carbocycles. The first-order valence-corrected chi connectivity index (χ1v) is 8.15. The van der Waals surface area contributed by atoms with Crippen molar-refractivity contribution in [2.24, 2.45) is 0 Å². The quantitative estimate of drug-likeness (QED) is 0.651. The zero-order valence-electron chi connectivity index (χ0n) is 15.2. The number of hydrogen-bond donors (Lipinski definition) is 0. The van der Waals surface area contributed by atoms with Crippen LogP contribution in [0.2, 0.25) is 0 Å². The summed E-state index contributed by atoms with van der Waals surface area (Å²) >= 11 is 0. The van der Waals surface area contributed by atoms with Crippen molar-refractivity contribution >= 4 is 0 Å². The van der Waals surface area contributed by atoms with E-state index in [0.717, 1.165) is 12.1 Å². The molecule has 3 aromatic rings. The molecule has 7 nitrogen and oxygen atoms in total. The van der Waals surface area contributed by atoms with E-state index in [1.54, 1.807) is 20.8 Å². The maximum Gasteiger partial charge on any atom is 0.277 e. The molecule has 2 heterocycles. The molecular weight excluding hydrogens is 358 g/mol. The molecule has 0 saturated heterocycles. The van der Waals surface area contributed by atoms with Gasteiger partial charge in [0.15, 0.2) is 23.1 Å². The van der Waals surface area contributed by atoms with Gasteiger partial charge in [0.05, 0.1) is 31.3 Å². The van der Waals surface area contributed by atoms with Crippen LogP contribution in [0.1, 0.15) is 19.5 Å². The molecule has 142 valence electrons. The summed E-state index contributed by atoms with van der Waals surface area (Å²) in [4.78, 5) is 8.32. The van der Waals surface area contributed by atoms with Crippen LogP contribution in [-0.2, 0) is 0 Å². The molecule has 0 aliphatic rings. The van der Waals surface area contributed by atoms with E-state index in [1.807, 2.05) is 0 Å². The Labute approximate surface area is 154 Å². The number of nitrogens with zero attached hydrogens (tertiary/aromatic N) is 4. The fourth-order valence-electron chi connectivity index (χ4n) is 2.28. The largest absolute Gasteiger partial charge is 0.494 e. The van der Waals surface area contributed by atoms with Crippen molar-refractivity contribution in [3.05, 3.63) is 47.9 Å². The Bertz CT molecular complexity index is 922. The van der Waals surface area contributed by atoms with E-state index in [9.17, 15) is 8.78 Å². The van der Waals surface area contributed by atoms with Crippen molar-refractivity contribution in [2.75, 3.05) is 7.11 Å². The zero-order valence-corrected chi connectivity index (χ0v) is 15.2. The normalized spacial score (nSPS) is 10.9. The second-order valence-corrected chi connectivity index (χ2v) is 5.87. The van der Waals surface area contributed by atoms with Crippen molar-refractivity contribution in [3.63, 3.8) is 0 Å².